The fourth-order valence-electron chi connectivity index (χ4n) is 8.95. The van der Waals surface area contributed by atoms with Crippen LogP contribution in [0.1, 0.15) is 17.7 Å². The van der Waals surface area contributed by atoms with Crippen molar-refractivity contribution < 1.29 is 0 Å². The van der Waals surface area contributed by atoms with E-state index in [1.54, 1.807) is 0 Å². The van der Waals surface area contributed by atoms with E-state index < -0.39 is 0 Å². The van der Waals surface area contributed by atoms with Gasteiger partial charge in [-0.3, -0.25) is 4.57 Å². The lowest BCUT2D eigenvalue weighted by atomic mass is 9.98. The van der Waals surface area contributed by atoms with E-state index in [1.165, 1.54) is 76.3 Å². The molecule has 0 saturated carbocycles. The van der Waals surface area contributed by atoms with Gasteiger partial charge in [0.1, 0.15) is 5.82 Å². The number of aryl methyl sites for hydroxylation is 1. The number of aromatic nitrogens is 4. The normalized spacial score (nSPS) is 13.4. The molecule has 0 aliphatic heterocycles. The second-order valence-electron chi connectivity index (χ2n) is 13.7. The molecule has 232 valence electrons. The van der Waals surface area contributed by atoms with Crippen molar-refractivity contribution >= 4 is 87.5 Å². The summed E-state index contributed by atoms with van der Waals surface area (Å²) in [6.07, 6.45) is 6.78. The Balaban J connectivity index is 1.23. The van der Waals surface area contributed by atoms with E-state index in [4.69, 9.17) is 9.97 Å². The molecule has 0 radical (unpaired) electrons. The number of rotatable bonds is 2. The van der Waals surface area contributed by atoms with Crippen molar-refractivity contribution in [3.8, 4) is 17.2 Å². The summed E-state index contributed by atoms with van der Waals surface area (Å²) >= 11 is 0. The maximum atomic E-state index is 5.51. The van der Waals surface area contributed by atoms with Gasteiger partial charge in [0.15, 0.2) is 5.82 Å². The van der Waals surface area contributed by atoms with E-state index in [-0.39, 0.29) is 0 Å². The minimum absolute atomic E-state index is 0.724. The van der Waals surface area contributed by atoms with Gasteiger partial charge in [0.2, 0.25) is 0 Å². The Morgan fingerprint density at radius 2 is 1.26 bits per heavy atom. The van der Waals surface area contributed by atoms with Crippen LogP contribution in [0.3, 0.4) is 0 Å². The monoisotopic (exact) mass is 636 g/mol. The van der Waals surface area contributed by atoms with Crippen LogP contribution in [0.25, 0.3) is 105 Å². The molecular weight excluding hydrogens is 609 g/mol. The molecule has 0 atom stereocenters. The molecule has 7 aromatic carbocycles. The molecule has 0 saturated heterocycles. The maximum Gasteiger partial charge on any atom is 0.162 e. The summed E-state index contributed by atoms with van der Waals surface area (Å²) in [4.78, 5) is 10.7. The van der Waals surface area contributed by atoms with Crippen LogP contribution in [0.15, 0.2) is 140 Å². The molecule has 0 fully saturated rings. The van der Waals surface area contributed by atoms with Crippen LogP contribution in [0.2, 0.25) is 0 Å². The predicted octanol–water partition coefficient (Wildman–Crippen LogP) is 11.7. The minimum atomic E-state index is 0.724. The van der Waals surface area contributed by atoms with Crippen molar-refractivity contribution in [3.63, 3.8) is 0 Å². The number of nitrogens with zero attached hydrogens (tertiary/aromatic N) is 4. The molecule has 0 unspecified atom stereocenters. The smallest absolute Gasteiger partial charge is 0.162 e. The first-order valence-electron chi connectivity index (χ1n) is 17.4. The summed E-state index contributed by atoms with van der Waals surface area (Å²) in [5, 5.41) is 12.3. The molecule has 4 heterocycles. The molecule has 4 nitrogen and oxygen atoms in total. The first-order valence-corrected chi connectivity index (χ1v) is 17.4. The Hall–Kier alpha value is -6.52. The Labute approximate surface area is 286 Å². The second kappa shape index (κ2) is 9.55. The van der Waals surface area contributed by atoms with Gasteiger partial charge in [0, 0.05) is 49.1 Å². The lowest BCUT2D eigenvalue weighted by Crippen LogP contribution is -2.03. The van der Waals surface area contributed by atoms with Gasteiger partial charge < -0.3 is 4.40 Å². The number of hydrogen-bond donors (Lipinski definition) is 0. The first-order chi connectivity index (χ1) is 24.8. The Morgan fingerprint density at radius 3 is 2.18 bits per heavy atom. The summed E-state index contributed by atoms with van der Waals surface area (Å²) in [7, 11) is 0. The fraction of sp³-hybridized carbons (Fsp3) is 0.0435. The number of para-hydroxylation sites is 3. The van der Waals surface area contributed by atoms with Crippen molar-refractivity contribution in [2.45, 2.75) is 12.8 Å². The molecule has 12 rings (SSSR count). The molecule has 4 aromatic heterocycles. The Kier molecular flexibility index (Phi) is 5.05. The van der Waals surface area contributed by atoms with Gasteiger partial charge in [-0.25, -0.2) is 9.97 Å². The van der Waals surface area contributed by atoms with Crippen molar-refractivity contribution in [1.29, 1.82) is 0 Å². The number of allylic oxidation sites excluding steroid dienone is 1. The zero-order chi connectivity index (χ0) is 32.5. The van der Waals surface area contributed by atoms with Crippen LogP contribution in [0, 0.1) is 0 Å². The van der Waals surface area contributed by atoms with Gasteiger partial charge in [-0.05, 0) is 70.8 Å². The van der Waals surface area contributed by atoms with E-state index in [0.717, 1.165) is 46.5 Å². The average Bonchev–Trinajstić information content (AvgIpc) is 3.82. The standard InChI is InChI=1S/C46H28N4/c1-2-12-30-27(11-1)21-22-28-25-29(23-24-31(28)30)45-47-38-17-7-3-15-34(38)46(48-45)50-40-19-9-5-14-33(40)37-26-36-32-13-4-8-18-39(32)49-41-20-10-6-16-35(41)42(43(36)49)44(37)50/h1-7,9-17,19-26H,8,18H2. The molecule has 0 bridgehead atoms. The third-order valence-electron chi connectivity index (χ3n) is 11.1. The molecule has 0 amide bonds. The van der Waals surface area contributed by atoms with Crippen LogP contribution in [0.4, 0.5) is 0 Å². The SMILES string of the molecule is C1=Cc2c(n3c4ccccc4c4c5c(cc2c43)c2ccccc2n5-c2nc(-c3ccc4c(ccc5ccccc54)c3)nc3ccccc23)CC1. The number of hydrogen-bond acceptors (Lipinski definition) is 2. The zero-order valence-corrected chi connectivity index (χ0v) is 27.1. The quantitative estimate of drug-likeness (QED) is 0.177. The highest BCUT2D eigenvalue weighted by Crippen LogP contribution is 2.47. The summed E-state index contributed by atoms with van der Waals surface area (Å²) in [6, 6.07) is 48.3. The topological polar surface area (TPSA) is 35.1 Å². The summed E-state index contributed by atoms with van der Waals surface area (Å²) in [5.74, 6) is 1.62. The van der Waals surface area contributed by atoms with E-state index >= 15 is 0 Å². The van der Waals surface area contributed by atoms with E-state index in [0.29, 0.717) is 0 Å². The molecule has 1 aliphatic rings. The minimum Gasteiger partial charge on any atom is -0.312 e. The van der Waals surface area contributed by atoms with Crippen LogP contribution in [-0.2, 0) is 6.42 Å². The lowest BCUT2D eigenvalue weighted by Gasteiger charge is -2.14. The fourth-order valence-corrected chi connectivity index (χ4v) is 8.95. The average molecular weight is 637 g/mol. The number of fused-ring (bicyclic) bond motifs is 14. The van der Waals surface area contributed by atoms with Gasteiger partial charge in [-0.15, -0.1) is 0 Å². The summed E-state index contributed by atoms with van der Waals surface area (Å²) in [6.45, 7) is 0. The highest BCUT2D eigenvalue weighted by molar-refractivity contribution is 6.31. The van der Waals surface area contributed by atoms with Gasteiger partial charge in [0.25, 0.3) is 0 Å². The molecule has 0 spiro atoms. The summed E-state index contributed by atoms with van der Waals surface area (Å²) < 4.78 is 4.97. The molecular formula is C46H28N4. The Bertz CT molecular complexity index is 3270. The lowest BCUT2D eigenvalue weighted by molar-refractivity contribution is 0.926. The van der Waals surface area contributed by atoms with Gasteiger partial charge in [-0.2, -0.15) is 0 Å². The highest BCUT2D eigenvalue weighted by atomic mass is 15.1. The zero-order valence-electron chi connectivity index (χ0n) is 27.1. The van der Waals surface area contributed by atoms with Crippen molar-refractivity contribution in [1.82, 2.24) is 18.9 Å². The third kappa shape index (κ3) is 3.35. The van der Waals surface area contributed by atoms with Crippen LogP contribution in [0.5, 0.6) is 0 Å². The molecule has 1 aliphatic carbocycles. The van der Waals surface area contributed by atoms with Crippen LogP contribution >= 0.6 is 0 Å². The first kappa shape index (κ1) is 26.4. The van der Waals surface area contributed by atoms with Gasteiger partial charge in [0.05, 0.1) is 27.6 Å². The Morgan fingerprint density at radius 1 is 0.520 bits per heavy atom. The third-order valence-corrected chi connectivity index (χ3v) is 11.1. The molecule has 50 heavy (non-hydrogen) atoms. The van der Waals surface area contributed by atoms with Crippen molar-refractivity contribution in [2.75, 3.05) is 0 Å². The summed E-state index contributed by atoms with van der Waals surface area (Å²) in [5.41, 5.74) is 9.63. The van der Waals surface area contributed by atoms with Crippen LogP contribution in [-0.4, -0.2) is 18.9 Å². The second-order valence-corrected chi connectivity index (χ2v) is 13.7. The van der Waals surface area contributed by atoms with Crippen molar-refractivity contribution in [2.24, 2.45) is 0 Å². The maximum absolute atomic E-state index is 5.51. The molecule has 0 N–H and O–H groups in total. The molecule has 11 aromatic rings. The number of benzene rings is 7. The predicted molar refractivity (Wildman–Crippen MR) is 209 cm³/mol. The van der Waals surface area contributed by atoms with E-state index in [2.05, 4.69) is 155 Å². The van der Waals surface area contributed by atoms with Gasteiger partial charge >= 0.3 is 0 Å². The molecule has 4 heteroatoms. The highest BCUT2D eigenvalue weighted by Gasteiger charge is 2.27. The van der Waals surface area contributed by atoms with E-state index in [1.807, 2.05) is 0 Å². The van der Waals surface area contributed by atoms with E-state index in [9.17, 15) is 0 Å². The van der Waals surface area contributed by atoms with Crippen LogP contribution < -0.4 is 0 Å². The largest absolute Gasteiger partial charge is 0.312 e. The van der Waals surface area contributed by atoms with Crippen molar-refractivity contribution in [3.05, 3.63) is 151 Å². The van der Waals surface area contributed by atoms with Gasteiger partial charge in [-0.1, -0.05) is 109 Å².